The van der Waals surface area contributed by atoms with Crippen molar-refractivity contribution in [1.29, 1.82) is 5.26 Å². The molecule has 0 fully saturated rings. The lowest BCUT2D eigenvalue weighted by molar-refractivity contribution is -0.384. The summed E-state index contributed by atoms with van der Waals surface area (Å²) in [6.45, 7) is -0.0215. The molecule has 0 aliphatic rings. The first-order valence-electron chi connectivity index (χ1n) is 6.91. The fourth-order valence-electron chi connectivity index (χ4n) is 2.15. The third-order valence-electron chi connectivity index (χ3n) is 3.20. The maximum Gasteiger partial charge on any atom is 0.292 e. The van der Waals surface area contributed by atoms with Crippen molar-refractivity contribution in [3.05, 3.63) is 62.3 Å². The number of hydrogen-bond acceptors (Lipinski definition) is 6. The molecule has 1 aromatic heterocycles. The number of hydrogen-bond donors (Lipinski definition) is 2. The van der Waals surface area contributed by atoms with Crippen molar-refractivity contribution in [2.75, 3.05) is 11.9 Å². The van der Waals surface area contributed by atoms with Crippen molar-refractivity contribution in [3.8, 4) is 6.07 Å². The Morgan fingerprint density at radius 1 is 1.48 bits per heavy atom. The number of nitriles is 1. The molecule has 1 unspecified atom stereocenters. The van der Waals surface area contributed by atoms with Crippen molar-refractivity contribution in [3.63, 3.8) is 0 Å². The maximum atomic E-state index is 11.3. The van der Waals surface area contributed by atoms with E-state index < -0.39 is 4.92 Å². The Balaban J connectivity index is 2.32. The van der Waals surface area contributed by atoms with Crippen LogP contribution in [0.3, 0.4) is 0 Å². The average Bonchev–Trinajstić information content (AvgIpc) is 3.07. The molecule has 118 valence electrons. The monoisotopic (exact) mass is 329 g/mol. The number of thiophene rings is 1. The highest BCUT2D eigenvalue weighted by Gasteiger charge is 2.19. The van der Waals surface area contributed by atoms with E-state index >= 15 is 0 Å². The van der Waals surface area contributed by atoms with Crippen LogP contribution in [0.15, 0.2) is 41.8 Å². The van der Waals surface area contributed by atoms with Crippen LogP contribution in [0, 0.1) is 21.4 Å². The Morgan fingerprint density at radius 2 is 2.30 bits per heavy atom. The molecule has 2 rings (SSSR count). The normalized spacial score (nSPS) is 12.0. The summed E-state index contributed by atoms with van der Waals surface area (Å²) in [4.78, 5) is 11.8. The first-order valence-corrected chi connectivity index (χ1v) is 7.79. The van der Waals surface area contributed by atoms with E-state index in [2.05, 4.69) is 5.32 Å². The van der Waals surface area contributed by atoms with Crippen molar-refractivity contribution in [1.82, 2.24) is 0 Å². The fraction of sp³-hybridized carbons (Fsp3) is 0.188. The highest BCUT2D eigenvalue weighted by molar-refractivity contribution is 7.10. The number of nitro groups is 1. The van der Waals surface area contributed by atoms with Gasteiger partial charge >= 0.3 is 0 Å². The van der Waals surface area contributed by atoms with Crippen LogP contribution in [0.1, 0.15) is 22.9 Å². The summed E-state index contributed by atoms with van der Waals surface area (Å²) in [7, 11) is 0. The zero-order valence-corrected chi connectivity index (χ0v) is 13.0. The second-order valence-corrected chi connectivity index (χ2v) is 5.70. The lowest BCUT2D eigenvalue weighted by atomic mass is 10.1. The van der Waals surface area contributed by atoms with Gasteiger partial charge in [-0.15, -0.1) is 11.3 Å². The number of allylic oxidation sites excluding steroid dienone is 1. The van der Waals surface area contributed by atoms with Gasteiger partial charge < -0.3 is 10.4 Å². The second kappa shape index (κ2) is 8.08. The summed E-state index contributed by atoms with van der Waals surface area (Å²) in [6.07, 6.45) is 3.24. The van der Waals surface area contributed by atoms with Gasteiger partial charge in [0, 0.05) is 23.6 Å². The molecule has 23 heavy (non-hydrogen) atoms. The van der Waals surface area contributed by atoms with Crippen molar-refractivity contribution in [2.24, 2.45) is 0 Å². The molecule has 6 nitrogen and oxygen atoms in total. The van der Waals surface area contributed by atoms with Gasteiger partial charge in [-0.05, 0) is 35.6 Å². The van der Waals surface area contributed by atoms with E-state index in [0.29, 0.717) is 17.7 Å². The van der Waals surface area contributed by atoms with Gasteiger partial charge in [0.15, 0.2) is 0 Å². The highest BCUT2D eigenvalue weighted by Crippen LogP contribution is 2.32. The standard InChI is InChI=1S/C16H15N3O3S/c17-8-1-3-12-5-6-13(15(11-12)19(21)22)18-14(7-9-20)16-4-2-10-23-16/h1-6,10-11,14,18,20H,7,9H2/b3-1+. The van der Waals surface area contributed by atoms with Crippen LogP contribution >= 0.6 is 11.3 Å². The molecule has 0 aliphatic carbocycles. The second-order valence-electron chi connectivity index (χ2n) is 4.72. The third-order valence-corrected chi connectivity index (χ3v) is 4.19. The predicted molar refractivity (Wildman–Crippen MR) is 90.1 cm³/mol. The van der Waals surface area contributed by atoms with Crippen LogP contribution in [0.4, 0.5) is 11.4 Å². The van der Waals surface area contributed by atoms with Crippen molar-refractivity contribution >= 4 is 28.8 Å². The van der Waals surface area contributed by atoms with Crippen LogP contribution in [-0.2, 0) is 0 Å². The topological polar surface area (TPSA) is 99.2 Å². The highest BCUT2D eigenvalue weighted by atomic mass is 32.1. The molecule has 1 heterocycles. The lowest BCUT2D eigenvalue weighted by Crippen LogP contribution is -2.12. The zero-order valence-electron chi connectivity index (χ0n) is 12.2. The smallest absolute Gasteiger partial charge is 0.292 e. The summed E-state index contributed by atoms with van der Waals surface area (Å²) >= 11 is 1.53. The van der Waals surface area contributed by atoms with Gasteiger partial charge in [0.2, 0.25) is 0 Å². The van der Waals surface area contributed by atoms with Crippen LogP contribution in [0.5, 0.6) is 0 Å². The largest absolute Gasteiger partial charge is 0.396 e. The number of anilines is 1. The molecule has 0 spiro atoms. The number of nitrogens with zero attached hydrogens (tertiary/aromatic N) is 2. The number of nitrogens with one attached hydrogen (secondary N) is 1. The first-order chi connectivity index (χ1) is 11.2. The van der Waals surface area contributed by atoms with Gasteiger partial charge in [-0.3, -0.25) is 10.1 Å². The summed E-state index contributed by atoms with van der Waals surface area (Å²) in [5.74, 6) is 0. The van der Waals surface area contributed by atoms with Gasteiger partial charge in [0.25, 0.3) is 5.69 Å². The van der Waals surface area contributed by atoms with Crippen molar-refractivity contribution in [2.45, 2.75) is 12.5 Å². The van der Waals surface area contributed by atoms with E-state index in [0.717, 1.165) is 4.88 Å². The Morgan fingerprint density at radius 3 is 2.91 bits per heavy atom. The van der Waals surface area contributed by atoms with E-state index in [-0.39, 0.29) is 18.3 Å². The SMILES string of the molecule is N#C/C=C/c1ccc(NC(CCO)c2cccs2)c([N+](=O)[O-])c1. The number of rotatable bonds is 7. The molecule has 0 amide bonds. The molecule has 0 bridgehead atoms. The minimum absolute atomic E-state index is 0.0215. The Kier molecular flexibility index (Phi) is 5.86. The number of aliphatic hydroxyl groups is 1. The van der Waals surface area contributed by atoms with Crippen LogP contribution in [-0.4, -0.2) is 16.6 Å². The molecule has 0 saturated carbocycles. The van der Waals surface area contributed by atoms with Crippen LogP contribution in [0.25, 0.3) is 6.08 Å². The molecule has 7 heteroatoms. The summed E-state index contributed by atoms with van der Waals surface area (Å²) < 4.78 is 0. The maximum absolute atomic E-state index is 11.3. The molecule has 0 aliphatic heterocycles. The lowest BCUT2D eigenvalue weighted by Gasteiger charge is -2.18. The van der Waals surface area contributed by atoms with Gasteiger partial charge in [0.1, 0.15) is 5.69 Å². The van der Waals surface area contributed by atoms with E-state index in [1.165, 1.54) is 29.6 Å². The molecule has 0 saturated heterocycles. The zero-order chi connectivity index (χ0) is 16.7. The van der Waals surface area contributed by atoms with Gasteiger partial charge in [-0.25, -0.2) is 0 Å². The minimum Gasteiger partial charge on any atom is -0.396 e. The summed E-state index contributed by atoms with van der Waals surface area (Å²) in [5.41, 5.74) is 0.902. The van der Waals surface area contributed by atoms with E-state index in [4.69, 9.17) is 5.26 Å². The molecule has 1 atom stereocenters. The molecule has 0 radical (unpaired) electrons. The average molecular weight is 329 g/mol. The predicted octanol–water partition coefficient (Wildman–Crippen LogP) is 3.73. The van der Waals surface area contributed by atoms with Crippen LogP contribution in [0.2, 0.25) is 0 Å². The quantitative estimate of drug-likeness (QED) is 0.458. The van der Waals surface area contributed by atoms with Gasteiger partial charge in [0.05, 0.1) is 17.0 Å². The Hall–Kier alpha value is -2.69. The minimum atomic E-state index is -0.462. The Bertz CT molecular complexity index is 736. The fourth-order valence-corrected chi connectivity index (χ4v) is 2.96. The molecule has 2 N–H and O–H groups in total. The van der Waals surface area contributed by atoms with E-state index in [1.807, 2.05) is 23.6 Å². The van der Waals surface area contributed by atoms with Crippen LogP contribution < -0.4 is 5.32 Å². The molecular weight excluding hydrogens is 314 g/mol. The first kappa shape index (κ1) is 16.7. The molecular formula is C16H15N3O3S. The summed E-state index contributed by atoms with van der Waals surface area (Å²) in [6, 6.07) is 10.2. The van der Waals surface area contributed by atoms with E-state index in [1.54, 1.807) is 12.1 Å². The summed E-state index contributed by atoms with van der Waals surface area (Å²) in [5, 5.41) is 34.1. The van der Waals surface area contributed by atoms with Gasteiger partial charge in [-0.2, -0.15) is 5.26 Å². The van der Waals surface area contributed by atoms with Crippen molar-refractivity contribution < 1.29 is 10.0 Å². The number of benzene rings is 1. The van der Waals surface area contributed by atoms with Gasteiger partial charge in [-0.1, -0.05) is 12.1 Å². The van der Waals surface area contributed by atoms with E-state index in [9.17, 15) is 15.2 Å². The molecule has 1 aromatic carbocycles. The third kappa shape index (κ3) is 4.39. The number of nitro benzene ring substituents is 1. The number of aliphatic hydroxyl groups excluding tert-OH is 1. The molecule has 2 aromatic rings. The Labute approximate surface area is 137 Å².